The van der Waals surface area contributed by atoms with E-state index in [1.54, 1.807) is 31.2 Å². The minimum absolute atomic E-state index is 0.0585. The molecule has 1 saturated heterocycles. The zero-order valence-electron chi connectivity index (χ0n) is 15.5. The monoisotopic (exact) mass is 478 g/mol. The fourth-order valence-electron chi connectivity index (χ4n) is 2.68. The van der Waals surface area contributed by atoms with Crippen LogP contribution < -0.4 is 19.9 Å². The number of carbonyl (C=O) groups excluding carboxylic acids is 3. The van der Waals surface area contributed by atoms with Crippen LogP contribution in [-0.4, -0.2) is 24.4 Å². The number of nitrogens with one attached hydrogen (secondary N) is 1. The van der Waals surface area contributed by atoms with Gasteiger partial charge in [-0.05, 0) is 52.7 Å². The van der Waals surface area contributed by atoms with Crippen molar-refractivity contribution in [1.29, 1.82) is 0 Å². The van der Waals surface area contributed by atoms with Gasteiger partial charge in [-0.2, -0.15) is 0 Å². The molecule has 150 valence electrons. The number of nitrogens with zero attached hydrogens (tertiary/aromatic N) is 1. The fourth-order valence-corrected chi connectivity index (χ4v) is 3.33. The van der Waals surface area contributed by atoms with Crippen LogP contribution in [0.15, 0.2) is 46.4 Å². The van der Waals surface area contributed by atoms with E-state index in [0.29, 0.717) is 22.3 Å². The Morgan fingerprint density at radius 2 is 1.97 bits per heavy atom. The molecule has 1 heterocycles. The van der Waals surface area contributed by atoms with Crippen molar-refractivity contribution in [2.24, 2.45) is 0 Å². The number of rotatable bonds is 5. The Bertz CT molecular complexity index is 1020. The van der Waals surface area contributed by atoms with Crippen molar-refractivity contribution in [3.8, 4) is 11.5 Å². The zero-order chi connectivity index (χ0) is 21.1. The minimum Gasteiger partial charge on any atom is -0.490 e. The number of hydrazine groups is 1. The molecular formula is C20H16BrClN2O5. The summed E-state index contributed by atoms with van der Waals surface area (Å²) in [5, 5.41) is 1.25. The smallest absolute Gasteiger partial charge is 0.308 e. The lowest BCUT2D eigenvalue weighted by Crippen LogP contribution is -2.35. The predicted octanol–water partition coefficient (Wildman–Crippen LogP) is 3.89. The van der Waals surface area contributed by atoms with Crippen LogP contribution in [-0.2, 0) is 14.4 Å². The number of halogens is 2. The Hall–Kier alpha value is -2.84. The lowest BCUT2D eigenvalue weighted by Gasteiger charge is -2.15. The van der Waals surface area contributed by atoms with E-state index < -0.39 is 17.8 Å². The van der Waals surface area contributed by atoms with E-state index in [-0.39, 0.29) is 22.1 Å². The van der Waals surface area contributed by atoms with E-state index in [2.05, 4.69) is 21.4 Å². The molecule has 0 aliphatic carbocycles. The molecule has 0 radical (unpaired) electrons. The standard InChI is InChI=1S/C20H16BrClN2O5/c1-3-28-15-10-12(16(21)17(22)18(15)29-11(2)25)9-14-19(26)23-24(20(14)27)13-7-5-4-6-8-13/h4-10H,3H2,1-2H3,(H,23,26)/b14-9-. The van der Waals surface area contributed by atoms with Crippen LogP contribution in [0.3, 0.4) is 0 Å². The molecular weight excluding hydrogens is 464 g/mol. The second kappa shape index (κ2) is 8.67. The summed E-state index contributed by atoms with van der Waals surface area (Å²) in [5.74, 6) is -1.35. The molecule has 0 bridgehead atoms. The van der Waals surface area contributed by atoms with E-state index in [4.69, 9.17) is 21.1 Å². The zero-order valence-corrected chi connectivity index (χ0v) is 17.8. The van der Waals surface area contributed by atoms with Crippen molar-refractivity contribution in [2.75, 3.05) is 11.6 Å². The Balaban J connectivity index is 2.04. The second-order valence-corrected chi connectivity index (χ2v) is 7.09. The van der Waals surface area contributed by atoms with E-state index in [1.807, 2.05) is 6.07 Å². The lowest BCUT2D eigenvalue weighted by molar-refractivity contribution is -0.132. The normalized spacial score (nSPS) is 14.9. The Labute approximate surface area is 180 Å². The van der Waals surface area contributed by atoms with Crippen molar-refractivity contribution < 1.29 is 23.9 Å². The van der Waals surface area contributed by atoms with Gasteiger partial charge < -0.3 is 9.47 Å². The number of carbonyl (C=O) groups is 3. The topological polar surface area (TPSA) is 84.9 Å². The molecule has 1 N–H and O–H groups in total. The quantitative estimate of drug-likeness (QED) is 0.304. The summed E-state index contributed by atoms with van der Waals surface area (Å²) in [4.78, 5) is 36.6. The Kier molecular flexibility index (Phi) is 6.24. The number of hydrogen-bond acceptors (Lipinski definition) is 5. The van der Waals surface area contributed by atoms with Gasteiger partial charge in [0.05, 0.1) is 12.3 Å². The maximum atomic E-state index is 12.8. The third kappa shape index (κ3) is 4.28. The lowest BCUT2D eigenvalue weighted by atomic mass is 10.1. The highest BCUT2D eigenvalue weighted by molar-refractivity contribution is 9.10. The van der Waals surface area contributed by atoms with Gasteiger partial charge in [0.1, 0.15) is 10.6 Å². The molecule has 0 aromatic heterocycles. The fraction of sp³-hybridized carbons (Fsp3) is 0.150. The SMILES string of the molecule is CCOc1cc(/C=C2/C(=O)NN(c3ccccc3)C2=O)c(Br)c(Cl)c1OC(C)=O. The van der Waals surface area contributed by atoms with Crippen LogP contribution in [0.1, 0.15) is 19.4 Å². The number of ether oxygens (including phenoxy) is 2. The minimum atomic E-state index is -0.560. The highest BCUT2D eigenvalue weighted by Gasteiger charge is 2.34. The first kappa shape index (κ1) is 20.9. The molecule has 1 aliphatic rings. The maximum Gasteiger partial charge on any atom is 0.308 e. The number of esters is 1. The van der Waals surface area contributed by atoms with Crippen LogP contribution in [0.4, 0.5) is 5.69 Å². The van der Waals surface area contributed by atoms with Gasteiger partial charge in [-0.25, -0.2) is 5.01 Å². The van der Waals surface area contributed by atoms with Gasteiger partial charge in [0.2, 0.25) is 0 Å². The van der Waals surface area contributed by atoms with Gasteiger partial charge in [0, 0.05) is 11.4 Å². The molecule has 2 amide bonds. The molecule has 29 heavy (non-hydrogen) atoms. The first-order valence-electron chi connectivity index (χ1n) is 8.58. The number of hydrogen-bond donors (Lipinski definition) is 1. The summed E-state index contributed by atoms with van der Waals surface area (Å²) in [6, 6.07) is 10.3. The average Bonchev–Trinajstić information content (AvgIpc) is 2.97. The predicted molar refractivity (Wildman–Crippen MR) is 112 cm³/mol. The van der Waals surface area contributed by atoms with Gasteiger partial charge >= 0.3 is 5.97 Å². The molecule has 2 aromatic carbocycles. The summed E-state index contributed by atoms with van der Waals surface area (Å²) in [7, 11) is 0. The number of amides is 2. The van der Waals surface area contributed by atoms with E-state index in [0.717, 1.165) is 0 Å². The summed E-state index contributed by atoms with van der Waals surface area (Å²) in [6.45, 7) is 3.30. The van der Waals surface area contributed by atoms with Crippen molar-refractivity contribution in [3.63, 3.8) is 0 Å². The molecule has 0 unspecified atom stereocenters. The van der Waals surface area contributed by atoms with Crippen LogP contribution in [0.25, 0.3) is 6.08 Å². The average molecular weight is 480 g/mol. The third-order valence-corrected chi connectivity index (χ3v) is 5.35. The first-order chi connectivity index (χ1) is 13.8. The van der Waals surface area contributed by atoms with Crippen LogP contribution in [0, 0.1) is 0 Å². The molecule has 7 nitrogen and oxygen atoms in total. The molecule has 9 heteroatoms. The molecule has 1 fully saturated rings. The summed E-state index contributed by atoms with van der Waals surface area (Å²) < 4.78 is 11.0. The highest BCUT2D eigenvalue weighted by Crippen LogP contribution is 2.43. The largest absolute Gasteiger partial charge is 0.490 e. The van der Waals surface area contributed by atoms with Crippen LogP contribution in [0.2, 0.25) is 5.02 Å². The van der Waals surface area contributed by atoms with Gasteiger partial charge in [-0.3, -0.25) is 19.8 Å². The molecule has 0 spiro atoms. The van der Waals surface area contributed by atoms with Gasteiger partial charge in [-0.1, -0.05) is 29.8 Å². The van der Waals surface area contributed by atoms with E-state index >= 15 is 0 Å². The van der Waals surface area contributed by atoms with Crippen molar-refractivity contribution in [3.05, 3.63) is 57.0 Å². The van der Waals surface area contributed by atoms with Crippen LogP contribution >= 0.6 is 27.5 Å². The maximum absolute atomic E-state index is 12.8. The van der Waals surface area contributed by atoms with Gasteiger partial charge in [-0.15, -0.1) is 0 Å². The van der Waals surface area contributed by atoms with Gasteiger partial charge in [0.25, 0.3) is 11.8 Å². The van der Waals surface area contributed by atoms with E-state index in [9.17, 15) is 14.4 Å². The molecule has 1 aliphatic heterocycles. The summed E-state index contributed by atoms with van der Waals surface area (Å²) in [5.41, 5.74) is 3.41. The van der Waals surface area contributed by atoms with E-state index in [1.165, 1.54) is 24.1 Å². The van der Waals surface area contributed by atoms with Gasteiger partial charge in [0.15, 0.2) is 11.5 Å². The first-order valence-corrected chi connectivity index (χ1v) is 9.76. The second-order valence-electron chi connectivity index (χ2n) is 5.92. The van der Waals surface area contributed by atoms with Crippen molar-refractivity contribution in [2.45, 2.75) is 13.8 Å². The molecule has 0 atom stereocenters. The van der Waals surface area contributed by atoms with Crippen molar-refractivity contribution >= 4 is 57.1 Å². The number of anilines is 1. The number of benzene rings is 2. The third-order valence-electron chi connectivity index (χ3n) is 3.91. The molecule has 0 saturated carbocycles. The molecule has 3 rings (SSSR count). The van der Waals surface area contributed by atoms with Crippen LogP contribution in [0.5, 0.6) is 11.5 Å². The Morgan fingerprint density at radius 1 is 1.28 bits per heavy atom. The van der Waals surface area contributed by atoms with Crippen molar-refractivity contribution in [1.82, 2.24) is 5.43 Å². The Morgan fingerprint density at radius 3 is 2.59 bits per heavy atom. The molecule has 2 aromatic rings. The summed E-state index contributed by atoms with van der Waals surface area (Å²) >= 11 is 9.67. The highest BCUT2D eigenvalue weighted by atomic mass is 79.9. The summed E-state index contributed by atoms with van der Waals surface area (Å²) in [6.07, 6.45) is 1.40. The number of para-hydroxylation sites is 1.